The molecule has 5 nitrogen and oxygen atoms in total. The number of nitrogens with zero attached hydrogens (tertiary/aromatic N) is 2. The van der Waals surface area contributed by atoms with Crippen LogP contribution in [0.5, 0.6) is 0 Å². The summed E-state index contributed by atoms with van der Waals surface area (Å²) in [6.45, 7) is 4.94. The van der Waals surface area contributed by atoms with E-state index < -0.39 is 11.6 Å². The van der Waals surface area contributed by atoms with Crippen molar-refractivity contribution in [1.82, 2.24) is 15.1 Å². The van der Waals surface area contributed by atoms with E-state index in [0.717, 1.165) is 44.7 Å². The van der Waals surface area contributed by atoms with Gasteiger partial charge in [-0.15, -0.1) is 0 Å². The fourth-order valence-electron chi connectivity index (χ4n) is 3.03. The average Bonchev–Trinajstić information content (AvgIpc) is 3.04. The summed E-state index contributed by atoms with van der Waals surface area (Å²) >= 11 is 0. The van der Waals surface area contributed by atoms with Crippen molar-refractivity contribution >= 4 is 11.7 Å². The fourth-order valence-corrected chi connectivity index (χ4v) is 3.03. The van der Waals surface area contributed by atoms with E-state index in [1.54, 1.807) is 4.90 Å². The summed E-state index contributed by atoms with van der Waals surface area (Å²) in [6.07, 6.45) is 1.15. The van der Waals surface area contributed by atoms with Gasteiger partial charge in [-0.2, -0.15) is 0 Å². The molecule has 1 unspecified atom stereocenters. The predicted molar refractivity (Wildman–Crippen MR) is 79.8 cm³/mol. The Morgan fingerprint density at radius 3 is 2.64 bits per heavy atom. The number of urea groups is 1. The molecule has 3 rings (SSSR count). The Balaban J connectivity index is 1.53. The third-order valence-corrected chi connectivity index (χ3v) is 4.32. The first-order valence-corrected chi connectivity index (χ1v) is 7.59. The Hall–Kier alpha value is -1.73. The quantitative estimate of drug-likeness (QED) is 0.870. The van der Waals surface area contributed by atoms with Crippen LogP contribution in [-0.2, 0) is 0 Å². The molecule has 0 spiro atoms. The lowest BCUT2D eigenvalue weighted by Crippen LogP contribution is -2.53. The van der Waals surface area contributed by atoms with Gasteiger partial charge < -0.3 is 15.5 Å². The standard InChI is InChI=1S/C15H20F2N4O/c16-11-1-2-14(13(17)9-11)19-15(22)21-7-5-20(6-8-21)12-3-4-18-10-12/h1-2,9,12,18H,3-8,10H2,(H,19,22). The number of halogens is 2. The summed E-state index contributed by atoms with van der Waals surface area (Å²) in [7, 11) is 0. The maximum atomic E-state index is 13.6. The highest BCUT2D eigenvalue weighted by molar-refractivity contribution is 5.89. The number of anilines is 1. The maximum absolute atomic E-state index is 13.6. The molecule has 1 atom stereocenters. The summed E-state index contributed by atoms with van der Waals surface area (Å²) in [5.74, 6) is -1.42. The minimum absolute atomic E-state index is 0.00817. The lowest BCUT2D eigenvalue weighted by Gasteiger charge is -2.37. The summed E-state index contributed by atoms with van der Waals surface area (Å²) in [4.78, 5) is 16.2. The summed E-state index contributed by atoms with van der Waals surface area (Å²) in [5.41, 5.74) is 0.00817. The highest BCUT2D eigenvalue weighted by Gasteiger charge is 2.27. The van der Waals surface area contributed by atoms with Crippen molar-refractivity contribution in [2.75, 3.05) is 44.6 Å². The van der Waals surface area contributed by atoms with Gasteiger partial charge in [0.1, 0.15) is 11.6 Å². The third kappa shape index (κ3) is 3.36. The molecular formula is C15H20F2N4O. The van der Waals surface area contributed by atoms with Crippen molar-refractivity contribution in [2.45, 2.75) is 12.5 Å². The Morgan fingerprint density at radius 2 is 2.00 bits per heavy atom. The predicted octanol–water partition coefficient (Wildman–Crippen LogP) is 1.48. The molecule has 1 aromatic rings. The molecule has 2 aliphatic rings. The molecule has 2 heterocycles. The van der Waals surface area contributed by atoms with E-state index in [1.165, 1.54) is 6.07 Å². The molecule has 120 valence electrons. The largest absolute Gasteiger partial charge is 0.322 e. The van der Waals surface area contributed by atoms with E-state index in [-0.39, 0.29) is 11.7 Å². The van der Waals surface area contributed by atoms with Crippen LogP contribution in [-0.4, -0.2) is 61.1 Å². The van der Waals surface area contributed by atoms with Crippen molar-refractivity contribution in [2.24, 2.45) is 0 Å². The number of amides is 2. The van der Waals surface area contributed by atoms with Crippen molar-refractivity contribution in [1.29, 1.82) is 0 Å². The normalized spacial score (nSPS) is 22.8. The number of carbonyl (C=O) groups excluding carboxylic acids is 1. The molecule has 22 heavy (non-hydrogen) atoms. The monoisotopic (exact) mass is 310 g/mol. The van der Waals surface area contributed by atoms with Crippen molar-refractivity contribution in [3.63, 3.8) is 0 Å². The first kappa shape index (κ1) is 15.2. The molecule has 2 N–H and O–H groups in total. The Morgan fingerprint density at radius 1 is 1.23 bits per heavy atom. The summed E-state index contributed by atoms with van der Waals surface area (Å²) in [5, 5.41) is 5.85. The van der Waals surface area contributed by atoms with Gasteiger partial charge in [-0.25, -0.2) is 13.6 Å². The molecule has 0 aliphatic carbocycles. The van der Waals surface area contributed by atoms with E-state index in [2.05, 4.69) is 15.5 Å². The summed E-state index contributed by atoms with van der Waals surface area (Å²) in [6, 6.07) is 3.35. The van der Waals surface area contributed by atoms with Gasteiger partial charge >= 0.3 is 6.03 Å². The number of piperazine rings is 1. The fraction of sp³-hybridized carbons (Fsp3) is 0.533. The lowest BCUT2D eigenvalue weighted by atomic mass is 10.2. The topological polar surface area (TPSA) is 47.6 Å². The minimum atomic E-state index is -0.760. The Labute approximate surface area is 128 Å². The highest BCUT2D eigenvalue weighted by Crippen LogP contribution is 2.17. The number of benzene rings is 1. The number of nitrogens with one attached hydrogen (secondary N) is 2. The molecule has 0 radical (unpaired) electrons. The van der Waals surface area contributed by atoms with Crippen LogP contribution in [0.3, 0.4) is 0 Å². The van der Waals surface area contributed by atoms with Crippen LogP contribution in [0.25, 0.3) is 0 Å². The van der Waals surface area contributed by atoms with Gasteiger partial charge in [0.25, 0.3) is 0 Å². The van der Waals surface area contributed by atoms with Gasteiger partial charge in [0.15, 0.2) is 0 Å². The number of carbonyl (C=O) groups is 1. The molecule has 0 bridgehead atoms. The van der Waals surface area contributed by atoms with Crippen molar-refractivity contribution < 1.29 is 13.6 Å². The van der Waals surface area contributed by atoms with Gasteiger partial charge in [-0.1, -0.05) is 0 Å². The van der Waals surface area contributed by atoms with Gasteiger partial charge in [0.05, 0.1) is 5.69 Å². The SMILES string of the molecule is O=C(Nc1ccc(F)cc1F)N1CCN(C2CCNC2)CC1. The van der Waals surface area contributed by atoms with E-state index in [1.807, 2.05) is 0 Å². The van der Waals surface area contributed by atoms with Gasteiger partial charge in [-0.05, 0) is 25.1 Å². The number of hydrogen-bond acceptors (Lipinski definition) is 3. The van der Waals surface area contributed by atoms with Crippen LogP contribution in [0.2, 0.25) is 0 Å². The molecule has 2 fully saturated rings. The van der Waals surface area contributed by atoms with Gasteiger partial charge in [0.2, 0.25) is 0 Å². The van der Waals surface area contributed by atoms with Gasteiger partial charge in [-0.3, -0.25) is 4.90 Å². The zero-order valence-electron chi connectivity index (χ0n) is 12.3. The lowest BCUT2D eigenvalue weighted by molar-refractivity contribution is 0.119. The third-order valence-electron chi connectivity index (χ3n) is 4.32. The van der Waals surface area contributed by atoms with E-state index in [4.69, 9.17) is 0 Å². The molecule has 0 saturated carbocycles. The van der Waals surface area contributed by atoms with E-state index in [0.29, 0.717) is 19.1 Å². The second-order valence-corrected chi connectivity index (χ2v) is 5.72. The molecule has 7 heteroatoms. The van der Waals surface area contributed by atoms with Gasteiger partial charge in [0, 0.05) is 44.8 Å². The zero-order chi connectivity index (χ0) is 15.5. The van der Waals surface area contributed by atoms with Crippen LogP contribution < -0.4 is 10.6 Å². The van der Waals surface area contributed by atoms with E-state index in [9.17, 15) is 13.6 Å². The second kappa shape index (κ2) is 6.58. The maximum Gasteiger partial charge on any atom is 0.322 e. The molecule has 1 aromatic carbocycles. The van der Waals surface area contributed by atoms with Crippen LogP contribution >= 0.6 is 0 Å². The van der Waals surface area contributed by atoms with E-state index >= 15 is 0 Å². The smallest absolute Gasteiger partial charge is 0.322 e. The number of hydrogen-bond donors (Lipinski definition) is 2. The molecular weight excluding hydrogens is 290 g/mol. The molecule has 2 amide bonds. The highest BCUT2D eigenvalue weighted by atomic mass is 19.1. The Kier molecular flexibility index (Phi) is 4.54. The van der Waals surface area contributed by atoms with Crippen LogP contribution in [0.15, 0.2) is 18.2 Å². The first-order valence-electron chi connectivity index (χ1n) is 7.59. The first-order chi connectivity index (χ1) is 10.6. The van der Waals surface area contributed by atoms with Crippen LogP contribution in [0.1, 0.15) is 6.42 Å². The Bertz CT molecular complexity index is 540. The molecule has 2 aliphatic heterocycles. The van der Waals surface area contributed by atoms with Crippen LogP contribution in [0.4, 0.5) is 19.3 Å². The number of rotatable bonds is 2. The second-order valence-electron chi connectivity index (χ2n) is 5.72. The summed E-state index contributed by atoms with van der Waals surface area (Å²) < 4.78 is 26.4. The van der Waals surface area contributed by atoms with Crippen molar-refractivity contribution in [3.8, 4) is 0 Å². The molecule has 0 aromatic heterocycles. The molecule has 2 saturated heterocycles. The van der Waals surface area contributed by atoms with Crippen LogP contribution in [0, 0.1) is 11.6 Å². The zero-order valence-corrected chi connectivity index (χ0v) is 12.3. The van der Waals surface area contributed by atoms with Crippen molar-refractivity contribution in [3.05, 3.63) is 29.8 Å². The average molecular weight is 310 g/mol. The minimum Gasteiger partial charge on any atom is -0.322 e.